The number of amides is 1. The van der Waals surface area contributed by atoms with Gasteiger partial charge in [-0.25, -0.2) is 4.68 Å². The lowest BCUT2D eigenvalue weighted by atomic mass is 10.1. The van der Waals surface area contributed by atoms with E-state index in [4.69, 9.17) is 5.10 Å². The van der Waals surface area contributed by atoms with Gasteiger partial charge < -0.3 is 9.47 Å². The largest absolute Gasteiger partial charge is 0.328 e. The van der Waals surface area contributed by atoms with Crippen LogP contribution in [0.15, 0.2) is 42.7 Å². The number of nitrogens with zero attached hydrogens (tertiary/aromatic N) is 5. The van der Waals surface area contributed by atoms with Crippen LogP contribution in [-0.4, -0.2) is 30.1 Å². The zero-order valence-electron chi connectivity index (χ0n) is 16.9. The lowest BCUT2D eigenvalue weighted by Gasteiger charge is -2.24. The van der Waals surface area contributed by atoms with Crippen molar-refractivity contribution in [3.8, 4) is 5.82 Å². The van der Waals surface area contributed by atoms with Gasteiger partial charge in [-0.3, -0.25) is 14.9 Å². The van der Waals surface area contributed by atoms with E-state index < -0.39 is 4.92 Å². The number of hydrogen-bond donors (Lipinski definition) is 0. The number of carbonyl (C=O) groups is 1. The van der Waals surface area contributed by atoms with Gasteiger partial charge in [-0.1, -0.05) is 6.07 Å². The minimum Gasteiger partial charge on any atom is -0.328 e. The molecule has 0 aliphatic carbocycles. The molecule has 0 unspecified atom stereocenters. The highest BCUT2D eigenvalue weighted by Crippen LogP contribution is 2.33. The van der Waals surface area contributed by atoms with Crippen LogP contribution in [0.4, 0.5) is 5.69 Å². The normalized spacial score (nSPS) is 13.6. The average Bonchev–Trinajstić information content (AvgIpc) is 3.35. The standard InChI is InChI=1S/C21H23N5O3/c1-14-7-8-15(11-18(14)26(28)29)20(27)24-12-16-17(13-24)22-25(21(2,3)4)19(16)23-9-5-6-10-23/h5-11H,12-13H2,1-4H3. The van der Waals surface area contributed by atoms with E-state index in [-0.39, 0.29) is 17.1 Å². The minimum absolute atomic E-state index is 0.0428. The highest BCUT2D eigenvalue weighted by Gasteiger charge is 2.34. The van der Waals surface area contributed by atoms with Gasteiger partial charge in [0.2, 0.25) is 0 Å². The summed E-state index contributed by atoms with van der Waals surface area (Å²) in [6, 6.07) is 8.52. The molecule has 0 saturated carbocycles. The molecule has 1 aromatic carbocycles. The Morgan fingerprint density at radius 2 is 1.86 bits per heavy atom. The monoisotopic (exact) mass is 393 g/mol. The predicted octanol–water partition coefficient (Wildman–Crippen LogP) is 3.80. The van der Waals surface area contributed by atoms with Gasteiger partial charge in [-0.2, -0.15) is 5.10 Å². The van der Waals surface area contributed by atoms with Crippen molar-refractivity contribution in [2.45, 2.75) is 46.3 Å². The topological polar surface area (TPSA) is 86.2 Å². The second-order valence-corrected chi connectivity index (χ2v) is 8.34. The van der Waals surface area contributed by atoms with Crippen LogP contribution in [0, 0.1) is 17.0 Å². The third-order valence-corrected chi connectivity index (χ3v) is 5.15. The van der Waals surface area contributed by atoms with E-state index in [0.717, 1.165) is 17.1 Å². The molecule has 3 heterocycles. The first kappa shape index (κ1) is 18.9. The van der Waals surface area contributed by atoms with Gasteiger partial charge in [0.15, 0.2) is 0 Å². The molecule has 1 aliphatic rings. The van der Waals surface area contributed by atoms with Crippen molar-refractivity contribution in [1.29, 1.82) is 0 Å². The molecule has 1 aliphatic heterocycles. The van der Waals surface area contributed by atoms with Crippen LogP contribution < -0.4 is 0 Å². The number of aromatic nitrogens is 3. The van der Waals surface area contributed by atoms with Gasteiger partial charge in [0.1, 0.15) is 5.82 Å². The Balaban J connectivity index is 1.69. The fraction of sp³-hybridized carbons (Fsp3) is 0.333. The van der Waals surface area contributed by atoms with Crippen LogP contribution in [0.1, 0.15) is 48.0 Å². The molecule has 0 saturated heterocycles. The number of benzene rings is 1. The summed E-state index contributed by atoms with van der Waals surface area (Å²) in [7, 11) is 0. The number of nitro benzene ring substituents is 1. The summed E-state index contributed by atoms with van der Waals surface area (Å²) in [5.41, 5.74) is 2.46. The predicted molar refractivity (Wildman–Crippen MR) is 108 cm³/mol. The smallest absolute Gasteiger partial charge is 0.273 e. The van der Waals surface area contributed by atoms with Crippen LogP contribution in [0.2, 0.25) is 0 Å². The second kappa shape index (κ2) is 6.58. The van der Waals surface area contributed by atoms with E-state index >= 15 is 0 Å². The Kier molecular flexibility index (Phi) is 4.29. The zero-order valence-corrected chi connectivity index (χ0v) is 16.9. The molecule has 3 aromatic rings. The van der Waals surface area contributed by atoms with Gasteiger partial charge in [-0.15, -0.1) is 0 Å². The molecule has 8 nitrogen and oxygen atoms in total. The molecule has 150 valence electrons. The molecular formula is C21H23N5O3. The van der Waals surface area contributed by atoms with Crippen molar-refractivity contribution < 1.29 is 9.72 Å². The van der Waals surface area contributed by atoms with Gasteiger partial charge >= 0.3 is 0 Å². The van der Waals surface area contributed by atoms with E-state index in [0.29, 0.717) is 24.2 Å². The summed E-state index contributed by atoms with van der Waals surface area (Å²) in [4.78, 5) is 25.5. The van der Waals surface area contributed by atoms with Crippen LogP contribution in [0.25, 0.3) is 5.82 Å². The first-order chi connectivity index (χ1) is 13.7. The molecule has 0 fully saturated rings. The van der Waals surface area contributed by atoms with E-state index in [2.05, 4.69) is 20.8 Å². The van der Waals surface area contributed by atoms with Crippen molar-refractivity contribution in [3.05, 3.63) is 75.2 Å². The average molecular weight is 393 g/mol. The quantitative estimate of drug-likeness (QED) is 0.500. The summed E-state index contributed by atoms with van der Waals surface area (Å²) in [5.74, 6) is 0.717. The highest BCUT2D eigenvalue weighted by molar-refractivity contribution is 5.95. The number of aryl methyl sites for hydroxylation is 1. The van der Waals surface area contributed by atoms with E-state index in [9.17, 15) is 14.9 Å². The molecule has 8 heteroatoms. The van der Waals surface area contributed by atoms with Crippen LogP contribution in [0.3, 0.4) is 0 Å². The van der Waals surface area contributed by atoms with Crippen LogP contribution >= 0.6 is 0 Å². The van der Waals surface area contributed by atoms with Crippen molar-refractivity contribution in [2.75, 3.05) is 0 Å². The van der Waals surface area contributed by atoms with Crippen molar-refractivity contribution in [3.63, 3.8) is 0 Å². The summed E-state index contributed by atoms with van der Waals surface area (Å²) < 4.78 is 4.01. The van der Waals surface area contributed by atoms with Gasteiger partial charge in [0.25, 0.3) is 11.6 Å². The molecular weight excluding hydrogens is 370 g/mol. The molecule has 0 N–H and O–H groups in total. The molecule has 29 heavy (non-hydrogen) atoms. The van der Waals surface area contributed by atoms with E-state index in [1.54, 1.807) is 24.0 Å². The van der Waals surface area contributed by atoms with Crippen LogP contribution in [-0.2, 0) is 18.6 Å². The maximum absolute atomic E-state index is 13.0. The third kappa shape index (κ3) is 3.20. The molecule has 2 aromatic heterocycles. The van der Waals surface area contributed by atoms with Crippen LogP contribution in [0.5, 0.6) is 0 Å². The second-order valence-electron chi connectivity index (χ2n) is 8.34. The zero-order chi connectivity index (χ0) is 20.9. The molecule has 0 atom stereocenters. The maximum atomic E-state index is 13.0. The highest BCUT2D eigenvalue weighted by atomic mass is 16.6. The number of carbonyl (C=O) groups excluding carboxylic acids is 1. The Labute approximate surface area is 168 Å². The van der Waals surface area contributed by atoms with E-state index in [1.165, 1.54) is 6.07 Å². The summed E-state index contributed by atoms with van der Waals surface area (Å²) >= 11 is 0. The van der Waals surface area contributed by atoms with Crippen molar-refractivity contribution >= 4 is 11.6 Å². The first-order valence-corrected chi connectivity index (χ1v) is 9.45. The minimum atomic E-state index is -0.456. The summed E-state index contributed by atoms with van der Waals surface area (Å²) in [6.07, 6.45) is 3.93. The van der Waals surface area contributed by atoms with Gasteiger partial charge in [0.05, 0.1) is 29.2 Å². The first-order valence-electron chi connectivity index (χ1n) is 9.45. The van der Waals surface area contributed by atoms with Crippen molar-refractivity contribution in [1.82, 2.24) is 19.2 Å². The molecule has 0 bridgehead atoms. The lowest BCUT2D eigenvalue weighted by Crippen LogP contribution is -2.29. The van der Waals surface area contributed by atoms with Gasteiger partial charge in [-0.05, 0) is 45.9 Å². The lowest BCUT2D eigenvalue weighted by molar-refractivity contribution is -0.385. The fourth-order valence-electron chi connectivity index (χ4n) is 3.68. The third-order valence-electron chi connectivity index (χ3n) is 5.15. The Morgan fingerprint density at radius 1 is 1.17 bits per heavy atom. The number of hydrogen-bond acceptors (Lipinski definition) is 4. The molecule has 0 radical (unpaired) electrons. The summed E-state index contributed by atoms with van der Waals surface area (Å²) in [5, 5.41) is 16.0. The molecule has 1 amide bonds. The number of rotatable bonds is 3. The Hall–Kier alpha value is -3.42. The van der Waals surface area contributed by atoms with Crippen molar-refractivity contribution in [2.24, 2.45) is 0 Å². The Morgan fingerprint density at radius 3 is 2.48 bits per heavy atom. The number of nitro groups is 1. The Bertz CT molecular complexity index is 1110. The maximum Gasteiger partial charge on any atom is 0.273 e. The van der Waals surface area contributed by atoms with E-state index in [1.807, 2.05) is 33.8 Å². The molecule has 4 rings (SSSR count). The SMILES string of the molecule is Cc1ccc(C(=O)N2Cc3nn(C(C)(C)C)c(-n4cccc4)c3C2)cc1[N+](=O)[O-]. The van der Waals surface area contributed by atoms with Gasteiger partial charge in [0, 0.05) is 35.2 Å². The molecule has 0 spiro atoms. The summed E-state index contributed by atoms with van der Waals surface area (Å²) in [6.45, 7) is 8.74. The number of fused-ring (bicyclic) bond motifs is 1. The fourth-order valence-corrected chi connectivity index (χ4v) is 3.68.